The van der Waals surface area contributed by atoms with E-state index in [0.717, 1.165) is 19.3 Å². The Bertz CT molecular complexity index is 760. The highest BCUT2D eigenvalue weighted by atomic mass is 32.2. The summed E-state index contributed by atoms with van der Waals surface area (Å²) in [5, 5.41) is 2.91. The molecular formula is C19H29N3O4S. The van der Waals surface area contributed by atoms with E-state index in [9.17, 15) is 13.2 Å². The molecule has 3 rings (SSSR count). The van der Waals surface area contributed by atoms with E-state index in [1.165, 1.54) is 0 Å². The Hall–Kier alpha value is -1.64. The number of para-hydroxylation sites is 2. The van der Waals surface area contributed by atoms with Crippen molar-refractivity contribution in [1.82, 2.24) is 8.61 Å². The molecule has 0 aliphatic carbocycles. The molecule has 2 aliphatic heterocycles. The predicted octanol–water partition coefficient (Wildman–Crippen LogP) is 2.46. The summed E-state index contributed by atoms with van der Waals surface area (Å²) >= 11 is 0. The van der Waals surface area contributed by atoms with Crippen molar-refractivity contribution in [2.45, 2.75) is 45.1 Å². The molecule has 0 saturated carbocycles. The number of ether oxygens (including phenoxy) is 1. The summed E-state index contributed by atoms with van der Waals surface area (Å²) in [7, 11) is -1.87. The van der Waals surface area contributed by atoms with Crippen LogP contribution in [0, 0.1) is 5.92 Å². The van der Waals surface area contributed by atoms with Gasteiger partial charge in [0.2, 0.25) is 5.91 Å². The van der Waals surface area contributed by atoms with Crippen molar-refractivity contribution >= 4 is 21.8 Å². The Kier molecular flexibility index (Phi) is 6.39. The summed E-state index contributed by atoms with van der Waals surface area (Å²) < 4.78 is 34.3. The van der Waals surface area contributed by atoms with Crippen LogP contribution in [0.3, 0.4) is 0 Å². The first-order chi connectivity index (χ1) is 12.9. The minimum Gasteiger partial charge on any atom is -0.495 e. The second kappa shape index (κ2) is 8.58. The third-order valence-corrected chi connectivity index (χ3v) is 7.71. The van der Waals surface area contributed by atoms with E-state index in [1.54, 1.807) is 27.9 Å². The first kappa shape index (κ1) is 20.1. The molecule has 0 bridgehead atoms. The van der Waals surface area contributed by atoms with Crippen LogP contribution < -0.4 is 10.1 Å². The normalized spacial score (nSPS) is 23.1. The Labute approximate surface area is 161 Å². The van der Waals surface area contributed by atoms with Gasteiger partial charge in [-0.05, 0) is 44.7 Å². The number of hydrogen-bond acceptors (Lipinski definition) is 4. The predicted molar refractivity (Wildman–Crippen MR) is 105 cm³/mol. The number of anilines is 1. The maximum Gasteiger partial charge on any atom is 0.282 e. The largest absolute Gasteiger partial charge is 0.495 e. The SMILES string of the molecule is COc1ccccc1NC(=O)C1CCN(S(=O)(=O)N2CCCC[C@H]2C)CC1. The van der Waals surface area contributed by atoms with Crippen LogP contribution >= 0.6 is 0 Å². The second-order valence-electron chi connectivity index (χ2n) is 7.33. The van der Waals surface area contributed by atoms with Gasteiger partial charge in [0.05, 0.1) is 12.8 Å². The summed E-state index contributed by atoms with van der Waals surface area (Å²) in [4.78, 5) is 12.6. The molecule has 0 unspecified atom stereocenters. The molecule has 1 aromatic carbocycles. The lowest BCUT2D eigenvalue weighted by Crippen LogP contribution is -2.52. The van der Waals surface area contributed by atoms with Crippen LogP contribution in [0.1, 0.15) is 39.0 Å². The van der Waals surface area contributed by atoms with Crippen molar-refractivity contribution < 1.29 is 17.9 Å². The first-order valence-electron chi connectivity index (χ1n) is 9.64. The maximum absolute atomic E-state index is 12.9. The fourth-order valence-corrected chi connectivity index (χ4v) is 5.78. The smallest absolute Gasteiger partial charge is 0.282 e. The van der Waals surface area contributed by atoms with Gasteiger partial charge in [-0.3, -0.25) is 4.79 Å². The van der Waals surface area contributed by atoms with E-state index >= 15 is 0 Å². The van der Waals surface area contributed by atoms with Gasteiger partial charge in [-0.1, -0.05) is 18.6 Å². The summed E-state index contributed by atoms with van der Waals surface area (Å²) in [5.41, 5.74) is 0.641. The minimum absolute atomic E-state index is 0.0512. The first-order valence-corrected chi connectivity index (χ1v) is 11.0. The third-order valence-electron chi connectivity index (χ3n) is 5.55. The Morgan fingerprint density at radius 3 is 2.48 bits per heavy atom. The van der Waals surface area contributed by atoms with Gasteiger partial charge >= 0.3 is 0 Å². The van der Waals surface area contributed by atoms with Gasteiger partial charge in [-0.2, -0.15) is 17.0 Å². The van der Waals surface area contributed by atoms with Gasteiger partial charge in [0.15, 0.2) is 0 Å². The highest BCUT2D eigenvalue weighted by molar-refractivity contribution is 7.86. The fraction of sp³-hybridized carbons (Fsp3) is 0.632. The van der Waals surface area contributed by atoms with Crippen molar-refractivity contribution in [1.29, 1.82) is 0 Å². The molecule has 1 N–H and O–H groups in total. The lowest BCUT2D eigenvalue weighted by molar-refractivity contribution is -0.120. The van der Waals surface area contributed by atoms with Gasteiger partial charge in [0.25, 0.3) is 10.2 Å². The molecule has 27 heavy (non-hydrogen) atoms. The van der Waals surface area contributed by atoms with Crippen LogP contribution in [-0.4, -0.2) is 55.7 Å². The number of hydrogen-bond donors (Lipinski definition) is 1. The topological polar surface area (TPSA) is 79.0 Å². The zero-order valence-corrected chi connectivity index (χ0v) is 16.9. The zero-order valence-electron chi connectivity index (χ0n) is 16.1. The molecular weight excluding hydrogens is 366 g/mol. The lowest BCUT2D eigenvalue weighted by Gasteiger charge is -2.38. The minimum atomic E-state index is -3.44. The highest BCUT2D eigenvalue weighted by Gasteiger charge is 2.37. The Balaban J connectivity index is 1.59. The van der Waals surface area contributed by atoms with Crippen molar-refractivity contribution in [2.75, 3.05) is 32.1 Å². The average Bonchev–Trinajstić information content (AvgIpc) is 2.68. The number of piperidine rings is 2. The summed E-state index contributed by atoms with van der Waals surface area (Å²) in [6.07, 6.45) is 3.97. The number of benzene rings is 1. The van der Waals surface area contributed by atoms with E-state index in [-0.39, 0.29) is 17.9 Å². The average molecular weight is 396 g/mol. The van der Waals surface area contributed by atoms with Crippen molar-refractivity contribution in [3.8, 4) is 5.75 Å². The van der Waals surface area contributed by atoms with Crippen LogP contribution in [-0.2, 0) is 15.0 Å². The Morgan fingerprint density at radius 1 is 1.11 bits per heavy atom. The third kappa shape index (κ3) is 4.44. The summed E-state index contributed by atoms with van der Waals surface area (Å²) in [6.45, 7) is 3.34. The standard InChI is InChI=1S/C19H29N3O4S/c1-15-7-5-6-12-22(15)27(24,25)21-13-10-16(11-14-21)19(23)20-17-8-3-4-9-18(17)26-2/h3-4,8-9,15-16H,5-7,10-14H2,1-2H3,(H,20,23)/t15-/m1/s1. The maximum atomic E-state index is 12.9. The van der Waals surface area contributed by atoms with Crippen LogP contribution in [0.4, 0.5) is 5.69 Å². The molecule has 0 aromatic heterocycles. The van der Waals surface area contributed by atoms with Gasteiger partial charge in [-0.25, -0.2) is 0 Å². The molecule has 7 nitrogen and oxygen atoms in total. The molecule has 2 saturated heterocycles. The molecule has 150 valence electrons. The quantitative estimate of drug-likeness (QED) is 0.831. The molecule has 0 spiro atoms. The molecule has 8 heteroatoms. The van der Waals surface area contributed by atoms with Gasteiger partial charge in [-0.15, -0.1) is 0 Å². The highest BCUT2D eigenvalue weighted by Crippen LogP contribution is 2.28. The van der Waals surface area contributed by atoms with E-state index in [4.69, 9.17) is 4.74 Å². The number of rotatable bonds is 5. The molecule has 0 radical (unpaired) electrons. The van der Waals surface area contributed by atoms with Crippen molar-refractivity contribution in [3.63, 3.8) is 0 Å². The van der Waals surface area contributed by atoms with E-state index in [2.05, 4.69) is 5.32 Å². The lowest BCUT2D eigenvalue weighted by atomic mass is 9.97. The molecule has 2 fully saturated rings. The molecule has 2 aliphatic rings. The van der Waals surface area contributed by atoms with Gasteiger partial charge in [0.1, 0.15) is 5.75 Å². The number of nitrogens with one attached hydrogen (secondary N) is 1. The molecule has 1 amide bonds. The molecule has 2 heterocycles. The number of carbonyl (C=O) groups excluding carboxylic acids is 1. The number of carbonyl (C=O) groups is 1. The molecule has 1 aromatic rings. The van der Waals surface area contributed by atoms with Crippen LogP contribution in [0.15, 0.2) is 24.3 Å². The number of amides is 1. The number of nitrogens with zero attached hydrogens (tertiary/aromatic N) is 2. The monoisotopic (exact) mass is 395 g/mol. The van der Waals surface area contributed by atoms with E-state index in [1.807, 2.05) is 19.1 Å². The van der Waals surface area contributed by atoms with Crippen LogP contribution in [0.2, 0.25) is 0 Å². The van der Waals surface area contributed by atoms with E-state index < -0.39 is 10.2 Å². The van der Waals surface area contributed by atoms with Crippen LogP contribution in [0.25, 0.3) is 0 Å². The summed E-state index contributed by atoms with van der Waals surface area (Å²) in [5.74, 6) is 0.341. The van der Waals surface area contributed by atoms with Crippen LogP contribution in [0.5, 0.6) is 5.75 Å². The molecule has 1 atom stereocenters. The second-order valence-corrected chi connectivity index (χ2v) is 9.21. The zero-order chi connectivity index (χ0) is 19.4. The Morgan fingerprint density at radius 2 is 1.81 bits per heavy atom. The van der Waals surface area contributed by atoms with Gasteiger partial charge < -0.3 is 10.1 Å². The number of methoxy groups -OCH3 is 1. The summed E-state index contributed by atoms with van der Waals surface area (Å²) in [6, 6.07) is 7.33. The van der Waals surface area contributed by atoms with Gasteiger partial charge in [0, 0.05) is 31.6 Å². The van der Waals surface area contributed by atoms with Crippen molar-refractivity contribution in [2.24, 2.45) is 5.92 Å². The van der Waals surface area contributed by atoms with E-state index in [0.29, 0.717) is 43.9 Å². The van der Waals surface area contributed by atoms with Crippen molar-refractivity contribution in [3.05, 3.63) is 24.3 Å². The fourth-order valence-electron chi connectivity index (χ4n) is 3.89.